The largest absolute Gasteiger partial charge is 0.385 e. The van der Waals surface area contributed by atoms with Crippen molar-refractivity contribution in [2.45, 2.75) is 58.6 Å². The van der Waals surface area contributed by atoms with Gasteiger partial charge in [0.25, 0.3) is 0 Å². The summed E-state index contributed by atoms with van der Waals surface area (Å²) in [6.45, 7) is 10.8. The molecule has 0 bridgehead atoms. The zero-order valence-corrected chi connectivity index (χ0v) is 18.7. The molecule has 4 nitrogen and oxygen atoms in total. The molecule has 150 valence electrons. The lowest BCUT2D eigenvalue weighted by Crippen LogP contribution is -2.39. The van der Waals surface area contributed by atoms with Crippen molar-refractivity contribution in [1.82, 2.24) is 4.72 Å². The van der Waals surface area contributed by atoms with Crippen molar-refractivity contribution in [2.24, 2.45) is 0 Å². The van der Waals surface area contributed by atoms with Crippen LogP contribution in [0.1, 0.15) is 51.2 Å². The van der Waals surface area contributed by atoms with Crippen LogP contribution >= 0.6 is 11.3 Å². The summed E-state index contributed by atoms with van der Waals surface area (Å²) in [6, 6.07) is 8.77. The molecule has 0 radical (unpaired) electrons. The molecule has 0 amide bonds. The molecule has 0 aliphatic rings. The highest BCUT2D eigenvalue weighted by atomic mass is 32.2. The van der Waals surface area contributed by atoms with Gasteiger partial charge in [0.1, 0.15) is 0 Å². The molecule has 2 rings (SSSR count). The Morgan fingerprint density at radius 1 is 1.00 bits per heavy atom. The molecule has 0 fully saturated rings. The Balaban J connectivity index is 1.72. The lowest BCUT2D eigenvalue weighted by atomic mass is 10.1. The van der Waals surface area contributed by atoms with E-state index in [4.69, 9.17) is 0 Å². The Morgan fingerprint density at radius 3 is 2.30 bits per heavy atom. The second kappa shape index (κ2) is 9.22. The molecular formula is C21H32N2O2S2. The number of nitrogens with one attached hydrogen (secondary N) is 2. The topological polar surface area (TPSA) is 58.2 Å². The maximum absolute atomic E-state index is 12.0. The first kappa shape index (κ1) is 21.9. The summed E-state index contributed by atoms with van der Waals surface area (Å²) in [7, 11) is -3.23. The van der Waals surface area contributed by atoms with Crippen LogP contribution in [0.15, 0.2) is 29.6 Å². The van der Waals surface area contributed by atoms with Gasteiger partial charge in [-0.1, -0.05) is 12.5 Å². The van der Waals surface area contributed by atoms with Crippen LogP contribution in [-0.2, 0) is 10.0 Å². The third kappa shape index (κ3) is 6.33. The predicted octanol–water partition coefficient (Wildman–Crippen LogP) is 5.33. The fourth-order valence-electron chi connectivity index (χ4n) is 2.67. The molecular weight excluding hydrogens is 376 g/mol. The number of thiophene rings is 1. The monoisotopic (exact) mass is 408 g/mol. The highest BCUT2D eigenvalue weighted by molar-refractivity contribution is 7.90. The van der Waals surface area contributed by atoms with E-state index in [9.17, 15) is 8.42 Å². The van der Waals surface area contributed by atoms with Crippen molar-refractivity contribution in [3.63, 3.8) is 0 Å². The molecule has 1 aromatic heterocycles. The summed E-state index contributed by atoms with van der Waals surface area (Å²) in [5.74, 6) is 0. The molecule has 0 saturated heterocycles. The second-order valence-electron chi connectivity index (χ2n) is 8.02. The first-order valence-corrected chi connectivity index (χ1v) is 11.9. The molecule has 1 heterocycles. The van der Waals surface area contributed by atoms with Crippen LogP contribution in [0.3, 0.4) is 0 Å². The Morgan fingerprint density at radius 2 is 1.70 bits per heavy atom. The van der Waals surface area contributed by atoms with Gasteiger partial charge >= 0.3 is 0 Å². The minimum atomic E-state index is -3.23. The van der Waals surface area contributed by atoms with Gasteiger partial charge in [0, 0.05) is 23.7 Å². The Bertz CT molecular complexity index is 849. The van der Waals surface area contributed by atoms with Gasteiger partial charge in [0.2, 0.25) is 10.0 Å². The van der Waals surface area contributed by atoms with Gasteiger partial charge in [0.15, 0.2) is 0 Å². The maximum Gasteiger partial charge on any atom is 0.216 e. The molecule has 27 heavy (non-hydrogen) atoms. The molecule has 2 N–H and O–H groups in total. The number of anilines is 1. The zero-order valence-electron chi connectivity index (χ0n) is 17.1. The third-order valence-corrected chi connectivity index (χ3v) is 7.80. The highest BCUT2D eigenvalue weighted by Crippen LogP contribution is 2.29. The predicted molar refractivity (Wildman–Crippen MR) is 118 cm³/mol. The highest BCUT2D eigenvalue weighted by Gasteiger charge is 2.27. The van der Waals surface area contributed by atoms with Crippen molar-refractivity contribution < 1.29 is 8.42 Å². The van der Waals surface area contributed by atoms with Crippen molar-refractivity contribution in [3.8, 4) is 10.4 Å². The molecule has 0 atom stereocenters. The van der Waals surface area contributed by atoms with E-state index in [0.29, 0.717) is 6.54 Å². The fourth-order valence-corrected chi connectivity index (χ4v) is 4.41. The van der Waals surface area contributed by atoms with E-state index in [1.807, 2.05) is 0 Å². The van der Waals surface area contributed by atoms with Crippen molar-refractivity contribution in [2.75, 3.05) is 18.4 Å². The van der Waals surface area contributed by atoms with Gasteiger partial charge in [0.05, 0.1) is 4.75 Å². The van der Waals surface area contributed by atoms with E-state index in [1.54, 1.807) is 32.1 Å². The van der Waals surface area contributed by atoms with Crippen LogP contribution < -0.4 is 10.0 Å². The van der Waals surface area contributed by atoms with Crippen molar-refractivity contribution >= 4 is 27.0 Å². The average molecular weight is 409 g/mol. The van der Waals surface area contributed by atoms with Crippen molar-refractivity contribution in [1.29, 1.82) is 0 Å². The van der Waals surface area contributed by atoms with E-state index >= 15 is 0 Å². The Hall–Kier alpha value is -1.37. The summed E-state index contributed by atoms with van der Waals surface area (Å²) in [4.78, 5) is 1.31. The van der Waals surface area contributed by atoms with Crippen LogP contribution in [0, 0.1) is 13.8 Å². The van der Waals surface area contributed by atoms with Crippen LogP contribution in [-0.4, -0.2) is 26.3 Å². The molecule has 1 aromatic carbocycles. The third-order valence-electron chi connectivity index (χ3n) is 4.51. The number of sulfonamides is 1. The summed E-state index contributed by atoms with van der Waals surface area (Å²) in [5.41, 5.74) is 4.99. The number of benzene rings is 1. The maximum atomic E-state index is 12.0. The summed E-state index contributed by atoms with van der Waals surface area (Å²) < 4.78 is 25.9. The number of aryl methyl sites for hydroxylation is 2. The zero-order chi connectivity index (χ0) is 20.1. The van der Waals surface area contributed by atoms with E-state index in [2.05, 4.69) is 53.5 Å². The molecule has 0 saturated carbocycles. The van der Waals surface area contributed by atoms with Gasteiger partial charge < -0.3 is 5.32 Å². The molecule has 0 unspecified atom stereocenters. The van der Waals surface area contributed by atoms with Crippen molar-refractivity contribution in [3.05, 3.63) is 40.8 Å². The SMILES string of the molecule is Cc1csc(-c2ccc(NCCCCCNS(=O)(=O)C(C)(C)C)c(C)c2)c1. The minimum absolute atomic E-state index is 0.507. The average Bonchev–Trinajstić information content (AvgIpc) is 3.00. The van der Waals surface area contributed by atoms with Crippen LogP contribution in [0.4, 0.5) is 5.69 Å². The molecule has 0 spiro atoms. The van der Waals surface area contributed by atoms with Crippen LogP contribution in [0.5, 0.6) is 0 Å². The Kier molecular flexibility index (Phi) is 7.48. The minimum Gasteiger partial charge on any atom is -0.385 e. The normalized spacial score (nSPS) is 12.3. The van der Waals surface area contributed by atoms with Gasteiger partial charge in [-0.05, 0) is 87.7 Å². The first-order chi connectivity index (χ1) is 12.6. The number of unbranched alkanes of at least 4 members (excludes halogenated alkanes) is 2. The molecule has 0 aliphatic carbocycles. The molecule has 2 aromatic rings. The van der Waals surface area contributed by atoms with Gasteiger partial charge in [-0.25, -0.2) is 13.1 Å². The molecule has 6 heteroatoms. The summed E-state index contributed by atoms with van der Waals surface area (Å²) in [5, 5.41) is 5.67. The smallest absolute Gasteiger partial charge is 0.216 e. The van der Waals surface area contributed by atoms with E-state index < -0.39 is 14.8 Å². The van der Waals surface area contributed by atoms with Gasteiger partial charge in [-0.3, -0.25) is 0 Å². The number of rotatable bonds is 9. The quantitative estimate of drug-likeness (QED) is 0.551. The van der Waals surface area contributed by atoms with Crippen LogP contribution in [0.25, 0.3) is 10.4 Å². The van der Waals surface area contributed by atoms with E-state index in [0.717, 1.165) is 25.8 Å². The van der Waals surface area contributed by atoms with E-state index in [1.165, 1.54) is 27.3 Å². The standard InChI is InChI=1S/C21H32N2O2S2/c1-16-13-20(26-15-16)18-9-10-19(17(2)14-18)22-11-7-6-8-12-23-27(24,25)21(3,4)5/h9-10,13-15,22-23H,6-8,11-12H2,1-5H3. The Labute approximate surface area is 168 Å². The lowest BCUT2D eigenvalue weighted by molar-refractivity contribution is 0.540. The number of hydrogen-bond acceptors (Lipinski definition) is 4. The summed E-state index contributed by atoms with van der Waals surface area (Å²) >= 11 is 1.78. The van der Waals surface area contributed by atoms with E-state index in [-0.39, 0.29) is 0 Å². The number of hydrogen-bond donors (Lipinski definition) is 2. The first-order valence-electron chi connectivity index (χ1n) is 9.49. The lowest BCUT2D eigenvalue weighted by Gasteiger charge is -2.19. The summed E-state index contributed by atoms with van der Waals surface area (Å²) in [6.07, 6.45) is 2.86. The van der Waals surface area contributed by atoms with Gasteiger partial charge in [-0.2, -0.15) is 0 Å². The molecule has 0 aliphatic heterocycles. The van der Waals surface area contributed by atoms with Gasteiger partial charge in [-0.15, -0.1) is 11.3 Å². The van der Waals surface area contributed by atoms with Crippen LogP contribution in [0.2, 0.25) is 0 Å². The second-order valence-corrected chi connectivity index (χ2v) is 11.4. The fraction of sp³-hybridized carbons (Fsp3) is 0.524.